The molecule has 0 aliphatic rings. The molecular weight excluding hydrogens is 464 g/mol. The van der Waals surface area contributed by atoms with Crippen molar-refractivity contribution in [1.29, 1.82) is 0 Å². The van der Waals surface area contributed by atoms with Crippen LogP contribution >= 0.6 is 0 Å². The summed E-state index contributed by atoms with van der Waals surface area (Å²) in [5.74, 6) is 1.41. The molecule has 5 aromatic rings. The molecule has 5 rings (SSSR count). The topological polar surface area (TPSA) is 92.8 Å². The van der Waals surface area contributed by atoms with Crippen molar-refractivity contribution in [2.45, 2.75) is 58.8 Å². The molecule has 1 atom stereocenters. The first-order valence-electron chi connectivity index (χ1n) is 12.6. The molecule has 0 saturated heterocycles. The molecule has 0 amide bonds. The molecule has 0 aliphatic carbocycles. The molecule has 0 bridgehead atoms. The predicted molar refractivity (Wildman–Crippen MR) is 143 cm³/mol. The standard InChI is InChI=1S/C29H32N6O2/c1-5-29(3,4)35-27(31-32-33-35)26(24-17-22-14-13-20(2)16-25(22)30-28(24)36)34(19-23-12-9-15-37-23)18-21-10-7-6-8-11-21/h6-17,26H,5,18-19H2,1-4H3,(H,30,36)/t26-/m1/s1. The summed E-state index contributed by atoms with van der Waals surface area (Å²) >= 11 is 0. The molecule has 0 spiro atoms. The van der Waals surface area contributed by atoms with Crippen LogP contribution in [0.25, 0.3) is 10.9 Å². The highest BCUT2D eigenvalue weighted by Gasteiger charge is 2.34. The Kier molecular flexibility index (Phi) is 6.76. The van der Waals surface area contributed by atoms with E-state index >= 15 is 0 Å². The van der Waals surface area contributed by atoms with Gasteiger partial charge in [-0.05, 0) is 78.4 Å². The first-order chi connectivity index (χ1) is 17.9. The normalized spacial score (nSPS) is 12.9. The van der Waals surface area contributed by atoms with Crippen molar-refractivity contribution in [3.63, 3.8) is 0 Å². The molecule has 1 N–H and O–H groups in total. The van der Waals surface area contributed by atoms with Crippen molar-refractivity contribution >= 4 is 10.9 Å². The van der Waals surface area contributed by atoms with Crippen LogP contribution in [0.5, 0.6) is 0 Å². The van der Waals surface area contributed by atoms with Gasteiger partial charge in [0.05, 0.1) is 18.3 Å². The Morgan fingerprint density at radius 1 is 1.05 bits per heavy atom. The van der Waals surface area contributed by atoms with Gasteiger partial charge in [-0.3, -0.25) is 9.69 Å². The number of rotatable bonds is 9. The SMILES string of the molecule is CCC(C)(C)n1nnnc1[C@@H](c1cc2ccc(C)cc2[nH]c1=O)N(Cc1ccccc1)Cc1ccco1. The zero-order valence-electron chi connectivity index (χ0n) is 21.7. The van der Waals surface area contributed by atoms with Gasteiger partial charge in [-0.25, -0.2) is 4.68 Å². The first kappa shape index (κ1) is 24.6. The number of furan rings is 1. The Labute approximate surface area is 215 Å². The van der Waals surface area contributed by atoms with E-state index in [0.29, 0.717) is 24.5 Å². The van der Waals surface area contributed by atoms with Crippen LogP contribution in [0.3, 0.4) is 0 Å². The number of aryl methyl sites for hydroxylation is 1. The number of pyridine rings is 1. The largest absolute Gasteiger partial charge is 0.468 e. The summed E-state index contributed by atoms with van der Waals surface area (Å²) < 4.78 is 7.61. The van der Waals surface area contributed by atoms with Gasteiger partial charge in [0.1, 0.15) is 11.8 Å². The van der Waals surface area contributed by atoms with E-state index in [-0.39, 0.29) is 11.1 Å². The third-order valence-electron chi connectivity index (χ3n) is 7.03. The Morgan fingerprint density at radius 3 is 2.59 bits per heavy atom. The van der Waals surface area contributed by atoms with E-state index in [1.807, 2.05) is 66.2 Å². The highest BCUT2D eigenvalue weighted by Crippen LogP contribution is 2.33. The second-order valence-electron chi connectivity index (χ2n) is 10.1. The number of hydrogen-bond donors (Lipinski definition) is 1. The smallest absolute Gasteiger partial charge is 0.253 e. The van der Waals surface area contributed by atoms with Crippen LogP contribution < -0.4 is 5.56 Å². The Balaban J connectivity index is 1.73. The van der Waals surface area contributed by atoms with Gasteiger partial charge in [0.25, 0.3) is 5.56 Å². The summed E-state index contributed by atoms with van der Waals surface area (Å²) in [6.07, 6.45) is 2.49. The summed E-state index contributed by atoms with van der Waals surface area (Å²) in [4.78, 5) is 19.0. The maximum absolute atomic E-state index is 13.7. The van der Waals surface area contributed by atoms with Crippen molar-refractivity contribution in [1.82, 2.24) is 30.1 Å². The number of aromatic amines is 1. The number of tetrazole rings is 1. The Hall–Kier alpha value is -4.04. The lowest BCUT2D eigenvalue weighted by atomic mass is 9.98. The van der Waals surface area contributed by atoms with Crippen LogP contribution in [0, 0.1) is 6.92 Å². The van der Waals surface area contributed by atoms with Gasteiger partial charge in [-0.15, -0.1) is 5.10 Å². The van der Waals surface area contributed by atoms with Crippen molar-refractivity contribution in [3.8, 4) is 0 Å². The average molecular weight is 497 g/mol. The van der Waals surface area contributed by atoms with E-state index < -0.39 is 6.04 Å². The van der Waals surface area contributed by atoms with Crippen LogP contribution in [-0.2, 0) is 18.6 Å². The van der Waals surface area contributed by atoms with E-state index in [4.69, 9.17) is 4.42 Å². The number of fused-ring (bicyclic) bond motifs is 1. The number of aromatic nitrogens is 5. The lowest BCUT2D eigenvalue weighted by Crippen LogP contribution is -2.38. The first-order valence-corrected chi connectivity index (χ1v) is 12.6. The number of H-pyrrole nitrogens is 1. The number of nitrogens with one attached hydrogen (secondary N) is 1. The highest BCUT2D eigenvalue weighted by molar-refractivity contribution is 5.79. The fourth-order valence-corrected chi connectivity index (χ4v) is 4.64. The molecule has 3 aromatic heterocycles. The molecule has 3 heterocycles. The van der Waals surface area contributed by atoms with Crippen molar-refractivity contribution in [3.05, 3.63) is 112 Å². The van der Waals surface area contributed by atoms with Crippen molar-refractivity contribution in [2.75, 3.05) is 0 Å². The third-order valence-corrected chi connectivity index (χ3v) is 7.03. The molecule has 8 heteroatoms. The third kappa shape index (κ3) is 5.11. The average Bonchev–Trinajstić information content (AvgIpc) is 3.58. The molecule has 0 radical (unpaired) electrons. The van der Waals surface area contributed by atoms with Gasteiger partial charge in [0.15, 0.2) is 5.82 Å². The van der Waals surface area contributed by atoms with Crippen molar-refractivity contribution in [2.24, 2.45) is 0 Å². The van der Waals surface area contributed by atoms with E-state index in [1.165, 1.54) is 0 Å². The summed E-state index contributed by atoms with van der Waals surface area (Å²) in [6.45, 7) is 9.36. The zero-order valence-corrected chi connectivity index (χ0v) is 21.7. The number of benzene rings is 2. The maximum Gasteiger partial charge on any atom is 0.253 e. The minimum atomic E-state index is -0.527. The van der Waals surface area contributed by atoms with Gasteiger partial charge in [0, 0.05) is 17.6 Å². The van der Waals surface area contributed by atoms with E-state index in [9.17, 15) is 4.79 Å². The summed E-state index contributed by atoms with van der Waals surface area (Å²) in [7, 11) is 0. The maximum atomic E-state index is 13.7. The van der Waals surface area contributed by atoms with Crippen LogP contribution in [0.15, 0.2) is 82.2 Å². The molecule has 8 nitrogen and oxygen atoms in total. The van der Waals surface area contributed by atoms with Gasteiger partial charge >= 0.3 is 0 Å². The molecule has 0 saturated carbocycles. The Morgan fingerprint density at radius 2 is 1.86 bits per heavy atom. The molecule has 0 fully saturated rings. The molecule has 2 aromatic carbocycles. The predicted octanol–water partition coefficient (Wildman–Crippen LogP) is 5.35. The fraction of sp³-hybridized carbons (Fsp3) is 0.310. The summed E-state index contributed by atoms with van der Waals surface area (Å²) in [5, 5.41) is 13.9. The minimum absolute atomic E-state index is 0.163. The van der Waals surface area contributed by atoms with Crippen LogP contribution in [0.2, 0.25) is 0 Å². The number of hydrogen-bond acceptors (Lipinski definition) is 6. The lowest BCUT2D eigenvalue weighted by Gasteiger charge is -2.33. The molecule has 0 unspecified atom stereocenters. The van der Waals surface area contributed by atoms with Crippen LogP contribution in [0.4, 0.5) is 0 Å². The van der Waals surface area contributed by atoms with E-state index in [1.54, 1.807) is 6.26 Å². The monoisotopic (exact) mass is 496 g/mol. The van der Waals surface area contributed by atoms with Gasteiger partial charge in [-0.1, -0.05) is 49.4 Å². The Bertz CT molecular complexity index is 1540. The lowest BCUT2D eigenvalue weighted by molar-refractivity contribution is 0.168. The summed E-state index contributed by atoms with van der Waals surface area (Å²) in [6, 6.07) is 21.5. The highest BCUT2D eigenvalue weighted by atomic mass is 16.3. The van der Waals surface area contributed by atoms with Crippen LogP contribution in [0.1, 0.15) is 61.5 Å². The fourth-order valence-electron chi connectivity index (χ4n) is 4.64. The molecular formula is C29H32N6O2. The summed E-state index contributed by atoms with van der Waals surface area (Å²) in [5.41, 5.74) is 3.08. The molecule has 0 aliphatic heterocycles. The van der Waals surface area contributed by atoms with Gasteiger partial charge in [0.2, 0.25) is 0 Å². The van der Waals surface area contributed by atoms with Gasteiger partial charge < -0.3 is 9.40 Å². The van der Waals surface area contributed by atoms with E-state index in [0.717, 1.165) is 34.2 Å². The van der Waals surface area contributed by atoms with Crippen molar-refractivity contribution < 1.29 is 4.42 Å². The van der Waals surface area contributed by atoms with Crippen LogP contribution in [-0.4, -0.2) is 30.1 Å². The number of nitrogens with zero attached hydrogens (tertiary/aromatic N) is 5. The second-order valence-corrected chi connectivity index (χ2v) is 10.1. The van der Waals surface area contributed by atoms with E-state index in [2.05, 4.69) is 58.3 Å². The second kappa shape index (κ2) is 10.1. The quantitative estimate of drug-likeness (QED) is 0.296. The zero-order chi connectivity index (χ0) is 26.0. The minimum Gasteiger partial charge on any atom is -0.468 e. The van der Waals surface area contributed by atoms with Gasteiger partial charge in [-0.2, -0.15) is 0 Å². The molecule has 190 valence electrons. The molecule has 37 heavy (non-hydrogen) atoms.